The zero-order valence-electron chi connectivity index (χ0n) is 11.1. The molecule has 100 valence electrons. The van der Waals surface area contributed by atoms with Gasteiger partial charge in [0.25, 0.3) is 0 Å². The highest BCUT2D eigenvalue weighted by atomic mass is 15.4. The fraction of sp³-hybridized carbons (Fsp3) is 0.769. The van der Waals surface area contributed by atoms with E-state index in [9.17, 15) is 0 Å². The molecule has 3 aliphatic rings. The fourth-order valence-corrected chi connectivity index (χ4v) is 3.12. The van der Waals surface area contributed by atoms with Crippen LogP contribution in [0.3, 0.4) is 0 Å². The molecule has 0 spiro atoms. The minimum atomic E-state index is 0.0960. The van der Waals surface area contributed by atoms with Crippen LogP contribution in [0.1, 0.15) is 24.9 Å². The third-order valence-corrected chi connectivity index (χ3v) is 4.23. The lowest BCUT2D eigenvalue weighted by Crippen LogP contribution is -2.63. The highest BCUT2D eigenvalue weighted by molar-refractivity contribution is 5.14. The van der Waals surface area contributed by atoms with E-state index in [1.54, 1.807) is 0 Å². The number of piperazine rings is 3. The number of rotatable bonds is 4. The Morgan fingerprint density at radius 3 is 2.78 bits per heavy atom. The first-order valence-electron chi connectivity index (χ1n) is 7.02. The molecule has 18 heavy (non-hydrogen) atoms. The molecule has 0 aliphatic carbocycles. The Balaban J connectivity index is 1.71. The first kappa shape index (κ1) is 12.1. The minimum Gasteiger partial charge on any atom is -0.323 e. The van der Waals surface area contributed by atoms with Gasteiger partial charge < -0.3 is 5.73 Å². The fourth-order valence-electron chi connectivity index (χ4n) is 3.12. The maximum Gasteiger partial charge on any atom is 0.0538 e. The van der Waals surface area contributed by atoms with Crippen LogP contribution < -0.4 is 5.73 Å². The first-order valence-corrected chi connectivity index (χ1v) is 7.02. The number of hydrogen-bond donors (Lipinski definition) is 1. The van der Waals surface area contributed by atoms with Gasteiger partial charge in [-0.1, -0.05) is 6.92 Å². The Morgan fingerprint density at radius 1 is 1.39 bits per heavy atom. The number of nitrogens with zero attached hydrogens (tertiary/aromatic N) is 4. The summed E-state index contributed by atoms with van der Waals surface area (Å²) < 4.78 is 2.01. The number of hydrogen-bond acceptors (Lipinski definition) is 4. The molecule has 2 N–H and O–H groups in total. The standard InChI is InChI=1S/C13H23N5/c1-2-3-18-9-11(8-15-18)13(14)12-10-16-4-6-17(12)7-5-16/h8-9,12-13H,2-7,10,14H2,1H3. The van der Waals surface area contributed by atoms with E-state index < -0.39 is 0 Å². The van der Waals surface area contributed by atoms with Gasteiger partial charge in [-0.25, -0.2) is 0 Å². The summed E-state index contributed by atoms with van der Waals surface area (Å²) in [5.41, 5.74) is 7.63. The first-order chi connectivity index (χ1) is 8.78. The van der Waals surface area contributed by atoms with Crippen LogP contribution in [0.4, 0.5) is 0 Å². The summed E-state index contributed by atoms with van der Waals surface area (Å²) in [6, 6.07) is 0.561. The second-order valence-electron chi connectivity index (χ2n) is 5.47. The Kier molecular flexibility index (Phi) is 3.37. The lowest BCUT2D eigenvalue weighted by atomic mass is 9.97. The zero-order chi connectivity index (χ0) is 12.5. The molecule has 0 aromatic carbocycles. The normalized spacial score (nSPS) is 32.7. The van der Waals surface area contributed by atoms with Crippen molar-refractivity contribution in [3.8, 4) is 0 Å². The molecule has 2 bridgehead atoms. The summed E-state index contributed by atoms with van der Waals surface area (Å²) in [6.07, 6.45) is 5.17. The van der Waals surface area contributed by atoms with Gasteiger partial charge in [-0.05, 0) is 6.42 Å². The third kappa shape index (κ3) is 2.18. The van der Waals surface area contributed by atoms with Gasteiger partial charge >= 0.3 is 0 Å². The molecule has 4 heterocycles. The van der Waals surface area contributed by atoms with Crippen molar-refractivity contribution in [1.29, 1.82) is 0 Å². The SMILES string of the molecule is CCCn1cc(C(N)C2CN3CCN2CC3)cn1. The van der Waals surface area contributed by atoms with Gasteiger partial charge in [0, 0.05) is 63.1 Å². The quantitative estimate of drug-likeness (QED) is 0.833. The molecule has 0 amide bonds. The number of fused-ring (bicyclic) bond motifs is 3. The largest absolute Gasteiger partial charge is 0.323 e. The summed E-state index contributed by atoms with van der Waals surface area (Å²) in [4.78, 5) is 5.07. The summed E-state index contributed by atoms with van der Waals surface area (Å²) in [5.74, 6) is 0. The van der Waals surface area contributed by atoms with Crippen LogP contribution in [0.2, 0.25) is 0 Å². The van der Waals surface area contributed by atoms with E-state index >= 15 is 0 Å². The number of aromatic nitrogens is 2. The Bertz CT molecular complexity index is 394. The van der Waals surface area contributed by atoms with Crippen LogP contribution in [-0.4, -0.2) is 58.3 Å². The van der Waals surface area contributed by atoms with Crippen molar-refractivity contribution in [3.05, 3.63) is 18.0 Å². The minimum absolute atomic E-state index is 0.0960. The summed E-state index contributed by atoms with van der Waals surface area (Å²) in [6.45, 7) is 9.01. The van der Waals surface area contributed by atoms with E-state index in [1.165, 1.54) is 31.7 Å². The van der Waals surface area contributed by atoms with Gasteiger partial charge in [0.1, 0.15) is 0 Å². The van der Waals surface area contributed by atoms with Crippen LogP contribution in [0.5, 0.6) is 0 Å². The van der Waals surface area contributed by atoms with Gasteiger partial charge in [0.05, 0.1) is 6.20 Å². The Labute approximate surface area is 109 Å². The number of aryl methyl sites for hydroxylation is 1. The van der Waals surface area contributed by atoms with Crippen molar-refractivity contribution in [1.82, 2.24) is 19.6 Å². The molecular weight excluding hydrogens is 226 g/mol. The average molecular weight is 249 g/mol. The van der Waals surface area contributed by atoms with Crippen LogP contribution in [0, 0.1) is 0 Å². The monoisotopic (exact) mass is 249 g/mol. The van der Waals surface area contributed by atoms with Crippen LogP contribution in [0.25, 0.3) is 0 Å². The molecule has 2 atom stereocenters. The second-order valence-corrected chi connectivity index (χ2v) is 5.47. The molecule has 3 fully saturated rings. The van der Waals surface area contributed by atoms with E-state index in [-0.39, 0.29) is 6.04 Å². The molecule has 1 aromatic heterocycles. The molecule has 5 heteroatoms. The van der Waals surface area contributed by atoms with Gasteiger partial charge in [-0.3, -0.25) is 14.5 Å². The van der Waals surface area contributed by atoms with Crippen molar-refractivity contribution in [2.24, 2.45) is 5.73 Å². The van der Waals surface area contributed by atoms with Gasteiger partial charge in [-0.15, -0.1) is 0 Å². The zero-order valence-corrected chi connectivity index (χ0v) is 11.1. The molecule has 0 saturated carbocycles. The second kappa shape index (κ2) is 4.99. The molecular formula is C13H23N5. The van der Waals surface area contributed by atoms with Crippen molar-refractivity contribution in [2.45, 2.75) is 32.0 Å². The highest BCUT2D eigenvalue weighted by Crippen LogP contribution is 2.25. The molecule has 3 aliphatic heterocycles. The van der Waals surface area contributed by atoms with Crippen molar-refractivity contribution in [2.75, 3.05) is 32.7 Å². The third-order valence-electron chi connectivity index (χ3n) is 4.23. The summed E-state index contributed by atoms with van der Waals surface area (Å²) >= 11 is 0. The molecule has 0 radical (unpaired) electrons. The van der Waals surface area contributed by atoms with E-state index in [0.717, 1.165) is 19.5 Å². The maximum atomic E-state index is 6.44. The van der Waals surface area contributed by atoms with Crippen molar-refractivity contribution >= 4 is 0 Å². The molecule has 2 unspecified atom stereocenters. The number of nitrogens with two attached hydrogens (primary N) is 1. The van der Waals surface area contributed by atoms with E-state index in [2.05, 4.69) is 28.0 Å². The van der Waals surface area contributed by atoms with E-state index in [4.69, 9.17) is 5.73 Å². The predicted molar refractivity (Wildman–Crippen MR) is 71.2 cm³/mol. The molecule has 4 rings (SSSR count). The van der Waals surface area contributed by atoms with E-state index in [1.807, 2.05) is 10.9 Å². The van der Waals surface area contributed by atoms with E-state index in [0.29, 0.717) is 6.04 Å². The van der Waals surface area contributed by atoms with Gasteiger partial charge in [-0.2, -0.15) is 5.10 Å². The predicted octanol–water partition coefficient (Wildman–Crippen LogP) is 0.293. The summed E-state index contributed by atoms with van der Waals surface area (Å²) in [5, 5.41) is 4.39. The maximum absolute atomic E-state index is 6.44. The van der Waals surface area contributed by atoms with Gasteiger partial charge in [0.2, 0.25) is 0 Å². The van der Waals surface area contributed by atoms with Crippen LogP contribution in [-0.2, 0) is 6.54 Å². The van der Waals surface area contributed by atoms with Crippen molar-refractivity contribution < 1.29 is 0 Å². The smallest absolute Gasteiger partial charge is 0.0538 e. The van der Waals surface area contributed by atoms with Crippen LogP contribution >= 0.6 is 0 Å². The lowest BCUT2D eigenvalue weighted by molar-refractivity contribution is 0.00213. The lowest BCUT2D eigenvalue weighted by Gasteiger charge is -2.49. The highest BCUT2D eigenvalue weighted by Gasteiger charge is 2.36. The van der Waals surface area contributed by atoms with Crippen LogP contribution in [0.15, 0.2) is 12.4 Å². The Hall–Kier alpha value is -0.910. The molecule has 1 aromatic rings. The Morgan fingerprint density at radius 2 is 2.17 bits per heavy atom. The van der Waals surface area contributed by atoms with Crippen molar-refractivity contribution in [3.63, 3.8) is 0 Å². The molecule has 3 saturated heterocycles. The van der Waals surface area contributed by atoms with Gasteiger partial charge in [0.15, 0.2) is 0 Å². The topological polar surface area (TPSA) is 50.3 Å². The summed E-state index contributed by atoms with van der Waals surface area (Å²) in [7, 11) is 0. The molecule has 5 nitrogen and oxygen atoms in total. The average Bonchev–Trinajstić information content (AvgIpc) is 2.88.